The fraction of sp³-hybridized carbons (Fsp3) is 0.316. The van der Waals surface area contributed by atoms with Crippen LogP contribution in [0.3, 0.4) is 0 Å². The zero-order valence-corrected chi connectivity index (χ0v) is 13.3. The van der Waals surface area contributed by atoms with Crippen LogP contribution in [-0.4, -0.2) is 28.2 Å². The van der Waals surface area contributed by atoms with Crippen LogP contribution in [0.2, 0.25) is 0 Å². The first kappa shape index (κ1) is 14.9. The summed E-state index contributed by atoms with van der Waals surface area (Å²) in [5, 5.41) is 0. The highest BCUT2D eigenvalue weighted by Gasteiger charge is 2.35. The Balaban J connectivity index is 1.68. The summed E-state index contributed by atoms with van der Waals surface area (Å²) in [4.78, 5) is 30.8. The van der Waals surface area contributed by atoms with Gasteiger partial charge in [-0.2, -0.15) is 0 Å². The summed E-state index contributed by atoms with van der Waals surface area (Å²) in [6.07, 6.45) is 4.73. The Morgan fingerprint density at radius 1 is 1.17 bits per heavy atom. The van der Waals surface area contributed by atoms with Gasteiger partial charge in [0.25, 0.3) is 5.91 Å². The molecule has 2 aromatic rings. The molecule has 2 aliphatic rings. The molecule has 1 atom stereocenters. The van der Waals surface area contributed by atoms with Crippen molar-refractivity contribution in [1.29, 1.82) is 0 Å². The van der Waals surface area contributed by atoms with Gasteiger partial charge >= 0.3 is 0 Å². The number of rotatable bonds is 3. The summed E-state index contributed by atoms with van der Waals surface area (Å²) in [7, 11) is 0. The molecule has 1 unspecified atom stereocenters. The van der Waals surface area contributed by atoms with Crippen molar-refractivity contribution in [3.8, 4) is 0 Å². The van der Waals surface area contributed by atoms with Crippen molar-refractivity contribution in [2.45, 2.75) is 31.2 Å². The average Bonchev–Trinajstić information content (AvgIpc) is 3.45. The number of benzene rings is 1. The summed E-state index contributed by atoms with van der Waals surface area (Å²) < 4.78 is 0. The zero-order chi connectivity index (χ0) is 16.7. The van der Waals surface area contributed by atoms with E-state index in [2.05, 4.69) is 4.98 Å². The lowest BCUT2D eigenvalue weighted by Crippen LogP contribution is -2.46. The van der Waals surface area contributed by atoms with E-state index in [-0.39, 0.29) is 5.91 Å². The van der Waals surface area contributed by atoms with Gasteiger partial charge in [-0.25, -0.2) is 0 Å². The number of amides is 2. The molecule has 1 aliphatic carbocycles. The maximum absolute atomic E-state index is 13.0. The van der Waals surface area contributed by atoms with Crippen LogP contribution in [0.4, 0.5) is 0 Å². The van der Waals surface area contributed by atoms with Crippen LogP contribution in [0, 0.1) is 0 Å². The monoisotopic (exact) mass is 321 g/mol. The summed E-state index contributed by atoms with van der Waals surface area (Å²) in [5.74, 6) is -0.182. The van der Waals surface area contributed by atoms with E-state index in [0.717, 1.165) is 16.7 Å². The van der Waals surface area contributed by atoms with Gasteiger partial charge in [0, 0.05) is 12.7 Å². The van der Waals surface area contributed by atoms with Crippen molar-refractivity contribution in [1.82, 2.24) is 9.88 Å². The molecule has 0 radical (unpaired) electrons. The summed E-state index contributed by atoms with van der Waals surface area (Å²) >= 11 is 0. The fourth-order valence-electron chi connectivity index (χ4n) is 3.47. The van der Waals surface area contributed by atoms with Crippen LogP contribution in [0.15, 0.2) is 42.6 Å². The first-order valence-electron chi connectivity index (χ1n) is 8.29. The van der Waals surface area contributed by atoms with Crippen LogP contribution in [0.25, 0.3) is 0 Å². The summed E-state index contributed by atoms with van der Waals surface area (Å²) in [6, 6.07) is 10.8. The second-order valence-electron chi connectivity index (χ2n) is 6.50. The predicted molar refractivity (Wildman–Crippen MR) is 89.3 cm³/mol. The lowest BCUT2D eigenvalue weighted by atomic mass is 9.92. The number of carbonyl (C=O) groups excluding carboxylic acids is 2. The third-order valence-corrected chi connectivity index (χ3v) is 4.87. The van der Waals surface area contributed by atoms with Gasteiger partial charge in [0.2, 0.25) is 5.91 Å². The maximum Gasteiger partial charge on any atom is 0.273 e. The van der Waals surface area contributed by atoms with Crippen LogP contribution < -0.4 is 5.73 Å². The van der Waals surface area contributed by atoms with E-state index in [1.807, 2.05) is 36.4 Å². The highest BCUT2D eigenvalue weighted by molar-refractivity contribution is 5.96. The van der Waals surface area contributed by atoms with Gasteiger partial charge in [-0.15, -0.1) is 0 Å². The number of fused-ring (bicyclic) bond motifs is 1. The third kappa shape index (κ3) is 2.56. The van der Waals surface area contributed by atoms with Gasteiger partial charge in [0.05, 0.1) is 0 Å². The zero-order valence-electron chi connectivity index (χ0n) is 13.3. The molecule has 4 rings (SSSR count). The molecule has 1 aromatic heterocycles. The van der Waals surface area contributed by atoms with Crippen molar-refractivity contribution >= 4 is 11.8 Å². The predicted octanol–water partition coefficient (Wildman–Crippen LogP) is 2.18. The number of pyridine rings is 1. The smallest absolute Gasteiger partial charge is 0.273 e. The maximum atomic E-state index is 13.0. The highest BCUT2D eigenvalue weighted by Crippen LogP contribution is 2.40. The van der Waals surface area contributed by atoms with Crippen LogP contribution >= 0.6 is 0 Å². The highest BCUT2D eigenvalue weighted by atomic mass is 16.2. The number of carbonyl (C=O) groups is 2. The number of nitrogens with two attached hydrogens (primary N) is 1. The Kier molecular flexibility index (Phi) is 3.56. The molecule has 122 valence electrons. The van der Waals surface area contributed by atoms with E-state index >= 15 is 0 Å². The molecule has 2 N–H and O–H groups in total. The molecule has 2 amide bonds. The van der Waals surface area contributed by atoms with Crippen molar-refractivity contribution < 1.29 is 9.59 Å². The van der Waals surface area contributed by atoms with Gasteiger partial charge in [-0.1, -0.05) is 24.3 Å². The second-order valence-corrected chi connectivity index (χ2v) is 6.50. The van der Waals surface area contributed by atoms with E-state index in [1.165, 1.54) is 12.8 Å². The fourth-order valence-corrected chi connectivity index (χ4v) is 3.47. The quantitative estimate of drug-likeness (QED) is 0.941. The summed E-state index contributed by atoms with van der Waals surface area (Å²) in [5.41, 5.74) is 9.07. The van der Waals surface area contributed by atoms with Gasteiger partial charge in [0.1, 0.15) is 11.7 Å². The molecule has 2 heterocycles. The van der Waals surface area contributed by atoms with Gasteiger partial charge in [-0.05, 0) is 54.0 Å². The number of hydrogen-bond acceptors (Lipinski definition) is 3. The molecule has 0 spiro atoms. The molecule has 0 saturated heterocycles. The minimum atomic E-state index is -0.728. The molecule has 1 aromatic carbocycles. The van der Waals surface area contributed by atoms with E-state index < -0.39 is 11.9 Å². The van der Waals surface area contributed by atoms with Crippen LogP contribution in [0.1, 0.15) is 52.0 Å². The molecule has 1 saturated carbocycles. The topological polar surface area (TPSA) is 76.3 Å². The van der Waals surface area contributed by atoms with Gasteiger partial charge in [-0.3, -0.25) is 14.6 Å². The molecule has 5 nitrogen and oxygen atoms in total. The molecular formula is C19H19N3O2. The van der Waals surface area contributed by atoms with Crippen molar-refractivity contribution in [2.24, 2.45) is 5.73 Å². The van der Waals surface area contributed by atoms with E-state index in [4.69, 9.17) is 5.73 Å². The second kappa shape index (κ2) is 5.74. The molecular weight excluding hydrogens is 302 g/mol. The first-order chi connectivity index (χ1) is 11.6. The molecule has 1 aliphatic heterocycles. The largest absolute Gasteiger partial charge is 0.368 e. The number of aromatic nitrogens is 1. The third-order valence-electron chi connectivity index (χ3n) is 4.87. The minimum absolute atomic E-state index is 0.226. The van der Waals surface area contributed by atoms with Gasteiger partial charge < -0.3 is 10.6 Å². The minimum Gasteiger partial charge on any atom is -0.368 e. The SMILES string of the molecule is NC(=O)C1c2ccccc2CCN1C(=O)c1cc(C2CC2)ccn1. The number of primary amides is 1. The Morgan fingerprint density at radius 3 is 2.71 bits per heavy atom. The van der Waals surface area contributed by atoms with Crippen molar-refractivity contribution in [3.63, 3.8) is 0 Å². The Hall–Kier alpha value is -2.69. The summed E-state index contributed by atoms with van der Waals surface area (Å²) in [6.45, 7) is 0.471. The van der Waals surface area contributed by atoms with Crippen LogP contribution in [0.5, 0.6) is 0 Å². The van der Waals surface area contributed by atoms with Gasteiger partial charge in [0.15, 0.2) is 0 Å². The molecule has 0 bridgehead atoms. The van der Waals surface area contributed by atoms with Crippen molar-refractivity contribution in [2.75, 3.05) is 6.54 Å². The lowest BCUT2D eigenvalue weighted by molar-refractivity contribution is -0.123. The standard InChI is InChI=1S/C19H19N3O2/c20-18(23)17-15-4-2-1-3-13(15)8-10-22(17)19(24)16-11-14(7-9-21-16)12-5-6-12/h1-4,7,9,11-12,17H,5-6,8,10H2,(H2,20,23). The number of nitrogens with zero attached hydrogens (tertiary/aromatic N) is 2. The van der Waals surface area contributed by atoms with E-state index in [0.29, 0.717) is 24.6 Å². The first-order valence-corrected chi connectivity index (χ1v) is 8.29. The molecule has 1 fully saturated rings. The Labute approximate surface area is 140 Å². The van der Waals surface area contributed by atoms with Crippen LogP contribution in [-0.2, 0) is 11.2 Å². The molecule has 5 heteroatoms. The number of hydrogen-bond donors (Lipinski definition) is 1. The van der Waals surface area contributed by atoms with E-state index in [1.54, 1.807) is 11.1 Å². The normalized spacial score (nSPS) is 19.7. The van der Waals surface area contributed by atoms with Crippen molar-refractivity contribution in [3.05, 3.63) is 65.0 Å². The average molecular weight is 321 g/mol. The van der Waals surface area contributed by atoms with E-state index in [9.17, 15) is 9.59 Å². The Bertz CT molecular complexity index is 814. The molecule has 24 heavy (non-hydrogen) atoms. The lowest BCUT2D eigenvalue weighted by Gasteiger charge is -2.35. The Morgan fingerprint density at radius 2 is 1.96 bits per heavy atom.